The second-order valence-corrected chi connectivity index (χ2v) is 5.37. The van der Waals surface area contributed by atoms with Gasteiger partial charge >= 0.3 is 0 Å². The number of rotatable bonds is 1. The first-order valence-electron chi connectivity index (χ1n) is 6.34. The van der Waals surface area contributed by atoms with Crippen molar-refractivity contribution in [3.63, 3.8) is 0 Å². The fourth-order valence-corrected chi connectivity index (χ4v) is 2.87. The SMILES string of the molecule is Cc1nn(C)c(C=C2CCc3cc(N)ccc32)c1Cl. The van der Waals surface area contributed by atoms with Crippen LogP contribution in [0.1, 0.15) is 28.9 Å². The number of halogens is 1. The summed E-state index contributed by atoms with van der Waals surface area (Å²) in [5.41, 5.74) is 12.4. The van der Waals surface area contributed by atoms with Crippen molar-refractivity contribution in [3.05, 3.63) is 45.7 Å². The molecule has 1 heterocycles. The summed E-state index contributed by atoms with van der Waals surface area (Å²) in [5, 5.41) is 5.08. The summed E-state index contributed by atoms with van der Waals surface area (Å²) >= 11 is 6.30. The lowest BCUT2D eigenvalue weighted by Gasteiger charge is -2.03. The summed E-state index contributed by atoms with van der Waals surface area (Å²) in [6, 6.07) is 6.11. The van der Waals surface area contributed by atoms with Crippen LogP contribution in [0.15, 0.2) is 18.2 Å². The third-order valence-corrected chi connectivity index (χ3v) is 4.11. The Hall–Kier alpha value is -1.74. The van der Waals surface area contributed by atoms with Gasteiger partial charge < -0.3 is 5.73 Å². The van der Waals surface area contributed by atoms with Gasteiger partial charge in [-0.05, 0) is 54.7 Å². The van der Waals surface area contributed by atoms with Gasteiger partial charge in [-0.2, -0.15) is 5.10 Å². The summed E-state index contributed by atoms with van der Waals surface area (Å²) in [7, 11) is 1.92. The highest BCUT2D eigenvalue weighted by Gasteiger charge is 2.18. The van der Waals surface area contributed by atoms with Crippen LogP contribution in [0.25, 0.3) is 11.6 Å². The Kier molecular flexibility index (Phi) is 2.86. The summed E-state index contributed by atoms with van der Waals surface area (Å²) in [6.07, 6.45) is 4.21. The molecule has 0 bridgehead atoms. The highest BCUT2D eigenvalue weighted by molar-refractivity contribution is 6.32. The van der Waals surface area contributed by atoms with Gasteiger partial charge in [0.15, 0.2) is 0 Å². The van der Waals surface area contributed by atoms with Gasteiger partial charge in [0, 0.05) is 12.7 Å². The molecule has 0 unspecified atom stereocenters. The highest BCUT2D eigenvalue weighted by Crippen LogP contribution is 2.35. The van der Waals surface area contributed by atoms with E-state index in [1.807, 2.05) is 24.7 Å². The lowest BCUT2D eigenvalue weighted by Crippen LogP contribution is -1.94. The highest BCUT2D eigenvalue weighted by atomic mass is 35.5. The Morgan fingerprint density at radius 1 is 1.37 bits per heavy atom. The Balaban J connectivity index is 2.08. The molecule has 3 rings (SSSR count). The van der Waals surface area contributed by atoms with Gasteiger partial charge in [-0.25, -0.2) is 0 Å². The van der Waals surface area contributed by atoms with E-state index in [9.17, 15) is 0 Å². The van der Waals surface area contributed by atoms with Crippen molar-refractivity contribution in [2.45, 2.75) is 19.8 Å². The molecule has 0 amide bonds. The Bertz CT molecular complexity index is 683. The lowest BCUT2D eigenvalue weighted by molar-refractivity contribution is 0.749. The summed E-state index contributed by atoms with van der Waals surface area (Å²) in [6.45, 7) is 1.92. The number of hydrogen-bond acceptors (Lipinski definition) is 2. The van der Waals surface area contributed by atoms with E-state index in [2.05, 4.69) is 23.3 Å². The number of hydrogen-bond donors (Lipinski definition) is 1. The topological polar surface area (TPSA) is 43.8 Å². The molecule has 98 valence electrons. The monoisotopic (exact) mass is 273 g/mol. The summed E-state index contributed by atoms with van der Waals surface area (Å²) < 4.78 is 1.83. The minimum Gasteiger partial charge on any atom is -0.399 e. The van der Waals surface area contributed by atoms with E-state index in [-0.39, 0.29) is 0 Å². The maximum atomic E-state index is 6.30. The number of nitrogen functional groups attached to an aromatic ring is 1. The van der Waals surface area contributed by atoms with Gasteiger partial charge in [0.1, 0.15) is 0 Å². The smallest absolute Gasteiger partial charge is 0.0888 e. The second kappa shape index (κ2) is 4.42. The molecule has 1 aromatic carbocycles. The van der Waals surface area contributed by atoms with Crippen LogP contribution in [0.5, 0.6) is 0 Å². The number of allylic oxidation sites excluding steroid dienone is 1. The number of anilines is 1. The first-order valence-corrected chi connectivity index (χ1v) is 6.72. The minimum absolute atomic E-state index is 0.735. The Morgan fingerprint density at radius 3 is 2.84 bits per heavy atom. The predicted molar refractivity (Wildman–Crippen MR) is 80.0 cm³/mol. The number of fused-ring (bicyclic) bond motifs is 1. The van der Waals surface area contributed by atoms with Crippen LogP contribution in [0.2, 0.25) is 5.02 Å². The molecule has 0 spiro atoms. The summed E-state index contributed by atoms with van der Waals surface area (Å²) in [5.74, 6) is 0. The van der Waals surface area contributed by atoms with Crippen molar-refractivity contribution in [1.29, 1.82) is 0 Å². The molecule has 19 heavy (non-hydrogen) atoms. The maximum Gasteiger partial charge on any atom is 0.0888 e. The fraction of sp³-hybridized carbons (Fsp3) is 0.267. The standard InChI is InChI=1S/C15H16ClN3/c1-9-15(16)14(19(2)18-9)8-11-4-3-10-7-12(17)5-6-13(10)11/h5-8H,3-4,17H2,1-2H3. The molecule has 0 saturated heterocycles. The molecule has 0 fully saturated rings. The zero-order valence-electron chi connectivity index (χ0n) is 11.1. The first-order chi connectivity index (χ1) is 9.06. The molecule has 2 aromatic rings. The number of nitrogens with two attached hydrogens (primary N) is 1. The average Bonchev–Trinajstić information content (AvgIpc) is 2.86. The van der Waals surface area contributed by atoms with Crippen molar-refractivity contribution in [3.8, 4) is 0 Å². The molecule has 1 aliphatic carbocycles. The molecular formula is C15H16ClN3. The van der Waals surface area contributed by atoms with Gasteiger partial charge in [0.2, 0.25) is 0 Å². The molecule has 1 aliphatic rings. The zero-order chi connectivity index (χ0) is 13.6. The first kappa shape index (κ1) is 12.3. The summed E-state index contributed by atoms with van der Waals surface area (Å²) in [4.78, 5) is 0. The van der Waals surface area contributed by atoms with Gasteiger partial charge in [-0.3, -0.25) is 4.68 Å². The van der Waals surface area contributed by atoms with Crippen LogP contribution >= 0.6 is 11.6 Å². The second-order valence-electron chi connectivity index (χ2n) is 4.99. The molecule has 0 radical (unpaired) electrons. The van der Waals surface area contributed by atoms with Gasteiger partial charge in [-0.15, -0.1) is 0 Å². The van der Waals surface area contributed by atoms with Crippen LogP contribution in [0.3, 0.4) is 0 Å². The number of aromatic nitrogens is 2. The van der Waals surface area contributed by atoms with E-state index in [1.54, 1.807) is 0 Å². The Labute approximate surface area is 117 Å². The van der Waals surface area contributed by atoms with Crippen LogP contribution in [-0.4, -0.2) is 9.78 Å². The van der Waals surface area contributed by atoms with Crippen molar-refractivity contribution in [2.24, 2.45) is 7.05 Å². The molecule has 2 N–H and O–H groups in total. The Morgan fingerprint density at radius 2 is 2.16 bits per heavy atom. The van der Waals surface area contributed by atoms with Gasteiger partial charge in [0.05, 0.1) is 16.4 Å². The molecule has 0 atom stereocenters. The van der Waals surface area contributed by atoms with Crippen molar-refractivity contribution in [1.82, 2.24) is 9.78 Å². The minimum atomic E-state index is 0.735. The van der Waals surface area contributed by atoms with E-state index >= 15 is 0 Å². The number of nitrogens with zero attached hydrogens (tertiary/aromatic N) is 2. The quantitative estimate of drug-likeness (QED) is 0.809. The number of aryl methyl sites for hydroxylation is 3. The van der Waals surface area contributed by atoms with E-state index in [4.69, 9.17) is 17.3 Å². The van der Waals surface area contributed by atoms with E-state index < -0.39 is 0 Å². The third kappa shape index (κ3) is 2.04. The van der Waals surface area contributed by atoms with Crippen LogP contribution < -0.4 is 5.73 Å². The molecule has 3 nitrogen and oxygen atoms in total. The predicted octanol–water partition coefficient (Wildman–Crippen LogP) is 3.45. The van der Waals surface area contributed by atoms with Crippen LogP contribution in [0, 0.1) is 6.92 Å². The molecule has 0 aliphatic heterocycles. The van der Waals surface area contributed by atoms with E-state index in [0.29, 0.717) is 0 Å². The van der Waals surface area contributed by atoms with E-state index in [0.717, 1.165) is 34.9 Å². The van der Waals surface area contributed by atoms with Crippen molar-refractivity contribution < 1.29 is 0 Å². The molecular weight excluding hydrogens is 258 g/mol. The average molecular weight is 274 g/mol. The maximum absolute atomic E-state index is 6.30. The molecule has 1 aromatic heterocycles. The largest absolute Gasteiger partial charge is 0.399 e. The van der Waals surface area contributed by atoms with Crippen LogP contribution in [-0.2, 0) is 13.5 Å². The van der Waals surface area contributed by atoms with Crippen molar-refractivity contribution in [2.75, 3.05) is 5.73 Å². The van der Waals surface area contributed by atoms with Crippen LogP contribution in [0.4, 0.5) is 5.69 Å². The van der Waals surface area contributed by atoms with E-state index in [1.165, 1.54) is 16.7 Å². The molecule has 4 heteroatoms. The molecule has 0 saturated carbocycles. The zero-order valence-corrected chi connectivity index (χ0v) is 11.8. The van der Waals surface area contributed by atoms with Crippen molar-refractivity contribution >= 4 is 28.9 Å². The van der Waals surface area contributed by atoms with Gasteiger partial charge in [-0.1, -0.05) is 17.7 Å². The third-order valence-electron chi connectivity index (χ3n) is 3.64. The number of benzene rings is 1. The normalized spacial score (nSPS) is 16.1. The fourth-order valence-electron chi connectivity index (χ4n) is 2.66. The lowest BCUT2D eigenvalue weighted by atomic mass is 10.1. The van der Waals surface area contributed by atoms with Gasteiger partial charge in [0.25, 0.3) is 0 Å².